The summed E-state index contributed by atoms with van der Waals surface area (Å²) < 4.78 is 0. The lowest BCUT2D eigenvalue weighted by Gasteiger charge is -2.36. The number of carbonyl (C=O) groups is 3. The Hall–Kier alpha value is -3.15. The number of fused-ring (bicyclic) bond motifs is 1. The van der Waals surface area contributed by atoms with E-state index < -0.39 is 6.04 Å². The van der Waals surface area contributed by atoms with E-state index in [2.05, 4.69) is 10.6 Å². The highest BCUT2D eigenvalue weighted by molar-refractivity contribution is 5.98. The maximum atomic E-state index is 13.2. The van der Waals surface area contributed by atoms with Crippen LogP contribution in [-0.2, 0) is 27.3 Å². The molecule has 0 aliphatic carbocycles. The van der Waals surface area contributed by atoms with E-state index in [-0.39, 0.29) is 23.6 Å². The first-order chi connectivity index (χ1) is 14.4. The molecule has 1 heterocycles. The summed E-state index contributed by atoms with van der Waals surface area (Å²) in [6, 6.07) is 14.4. The van der Waals surface area contributed by atoms with Crippen LogP contribution in [0, 0.1) is 5.92 Å². The summed E-state index contributed by atoms with van der Waals surface area (Å²) in [5.41, 5.74) is 3.39. The van der Waals surface area contributed by atoms with Crippen molar-refractivity contribution < 1.29 is 14.4 Å². The Morgan fingerprint density at radius 2 is 1.67 bits per heavy atom. The highest BCUT2D eigenvalue weighted by Crippen LogP contribution is 2.26. The molecule has 2 aromatic rings. The van der Waals surface area contributed by atoms with Crippen molar-refractivity contribution in [2.24, 2.45) is 5.92 Å². The first kappa shape index (κ1) is 21.6. The molecule has 0 bridgehead atoms. The molecule has 6 nitrogen and oxygen atoms in total. The van der Waals surface area contributed by atoms with E-state index in [0.29, 0.717) is 37.2 Å². The Morgan fingerprint density at radius 1 is 1.00 bits per heavy atom. The van der Waals surface area contributed by atoms with Gasteiger partial charge in [0, 0.05) is 37.2 Å². The molecule has 1 aliphatic heterocycles. The molecule has 6 heteroatoms. The molecule has 2 aromatic carbocycles. The Morgan fingerprint density at radius 3 is 2.33 bits per heavy atom. The smallest absolute Gasteiger partial charge is 0.247 e. The van der Waals surface area contributed by atoms with Crippen LogP contribution in [0.2, 0.25) is 0 Å². The first-order valence-electron chi connectivity index (χ1n) is 10.4. The van der Waals surface area contributed by atoms with Gasteiger partial charge in [-0.15, -0.1) is 0 Å². The third-order valence-electron chi connectivity index (χ3n) is 5.19. The zero-order chi connectivity index (χ0) is 21.7. The summed E-state index contributed by atoms with van der Waals surface area (Å²) in [4.78, 5) is 39.4. The summed E-state index contributed by atoms with van der Waals surface area (Å²) in [5, 5.41) is 5.72. The van der Waals surface area contributed by atoms with E-state index in [1.165, 1.54) is 0 Å². The number of benzene rings is 2. The molecule has 3 amide bonds. The van der Waals surface area contributed by atoms with Crippen molar-refractivity contribution in [3.05, 3.63) is 59.7 Å². The van der Waals surface area contributed by atoms with E-state index in [0.717, 1.165) is 11.1 Å². The fraction of sp³-hybridized carbons (Fsp3) is 0.375. The van der Waals surface area contributed by atoms with Crippen LogP contribution in [0.15, 0.2) is 48.5 Å². The van der Waals surface area contributed by atoms with Gasteiger partial charge in [-0.1, -0.05) is 51.1 Å². The molecule has 0 fully saturated rings. The summed E-state index contributed by atoms with van der Waals surface area (Å²) in [5.74, 6) is -0.103. The molecule has 3 rings (SSSR count). The quantitative estimate of drug-likeness (QED) is 0.760. The van der Waals surface area contributed by atoms with Crippen LogP contribution in [0.1, 0.15) is 44.7 Å². The summed E-state index contributed by atoms with van der Waals surface area (Å²) in [7, 11) is 0. The molecule has 0 radical (unpaired) electrons. The highest BCUT2D eigenvalue weighted by atomic mass is 16.2. The Kier molecular flexibility index (Phi) is 6.87. The molecule has 158 valence electrons. The van der Waals surface area contributed by atoms with Crippen LogP contribution in [0.5, 0.6) is 0 Å². The SMILES string of the molecule is CCC(=O)Nc1cccc(NC(=O)C2Cc3ccccc3CN2C(=O)CC(C)C)c1. The Balaban J connectivity index is 1.80. The van der Waals surface area contributed by atoms with Gasteiger partial charge in [-0.05, 0) is 35.2 Å². The number of hydrogen-bond donors (Lipinski definition) is 2. The molecule has 0 saturated carbocycles. The molecule has 30 heavy (non-hydrogen) atoms. The maximum Gasteiger partial charge on any atom is 0.247 e. The number of rotatable bonds is 6. The largest absolute Gasteiger partial charge is 0.326 e. The molecule has 2 N–H and O–H groups in total. The zero-order valence-electron chi connectivity index (χ0n) is 17.8. The van der Waals surface area contributed by atoms with E-state index in [4.69, 9.17) is 0 Å². The van der Waals surface area contributed by atoms with E-state index >= 15 is 0 Å². The minimum Gasteiger partial charge on any atom is -0.326 e. The van der Waals surface area contributed by atoms with Gasteiger partial charge in [0.25, 0.3) is 0 Å². The minimum atomic E-state index is -0.569. The van der Waals surface area contributed by atoms with Crippen molar-refractivity contribution in [1.82, 2.24) is 4.90 Å². The van der Waals surface area contributed by atoms with Crippen molar-refractivity contribution in [2.75, 3.05) is 10.6 Å². The average Bonchev–Trinajstić information content (AvgIpc) is 2.72. The van der Waals surface area contributed by atoms with E-state index in [1.54, 1.807) is 36.1 Å². The third kappa shape index (κ3) is 5.26. The van der Waals surface area contributed by atoms with Gasteiger partial charge in [-0.25, -0.2) is 0 Å². The number of nitrogens with zero attached hydrogens (tertiary/aromatic N) is 1. The van der Waals surface area contributed by atoms with Crippen LogP contribution >= 0.6 is 0 Å². The lowest BCUT2D eigenvalue weighted by Crippen LogP contribution is -2.50. The van der Waals surface area contributed by atoms with E-state index in [1.807, 2.05) is 38.1 Å². The zero-order valence-corrected chi connectivity index (χ0v) is 17.8. The predicted octanol–water partition coefficient (Wildman–Crippen LogP) is 3.97. The number of hydrogen-bond acceptors (Lipinski definition) is 3. The number of carbonyl (C=O) groups excluding carboxylic acids is 3. The standard InChI is InChI=1S/C24H29N3O3/c1-4-22(28)25-19-10-7-11-20(14-19)26-24(30)21-13-17-8-5-6-9-18(17)15-27(21)23(29)12-16(2)3/h5-11,14,16,21H,4,12-13,15H2,1-3H3,(H,25,28)(H,26,30). The van der Waals surface area contributed by atoms with Gasteiger partial charge >= 0.3 is 0 Å². The number of anilines is 2. The number of nitrogens with one attached hydrogen (secondary N) is 2. The lowest BCUT2D eigenvalue weighted by atomic mass is 9.92. The van der Waals surface area contributed by atoms with Crippen molar-refractivity contribution in [1.29, 1.82) is 0 Å². The fourth-order valence-corrected chi connectivity index (χ4v) is 3.64. The van der Waals surface area contributed by atoms with Crippen molar-refractivity contribution in [3.63, 3.8) is 0 Å². The van der Waals surface area contributed by atoms with Gasteiger partial charge < -0.3 is 15.5 Å². The normalized spacial score (nSPS) is 15.5. The van der Waals surface area contributed by atoms with Crippen LogP contribution in [0.4, 0.5) is 11.4 Å². The topological polar surface area (TPSA) is 78.5 Å². The minimum absolute atomic E-state index is 0.0105. The van der Waals surface area contributed by atoms with Gasteiger partial charge in [-0.3, -0.25) is 14.4 Å². The molecule has 0 saturated heterocycles. The molecule has 1 aliphatic rings. The Labute approximate surface area is 177 Å². The second-order valence-electron chi connectivity index (χ2n) is 8.08. The average molecular weight is 408 g/mol. The molecular formula is C24H29N3O3. The first-order valence-corrected chi connectivity index (χ1v) is 10.4. The van der Waals surface area contributed by atoms with Crippen molar-refractivity contribution >= 4 is 29.1 Å². The summed E-state index contributed by atoms with van der Waals surface area (Å²) in [6.45, 7) is 6.22. The second-order valence-corrected chi connectivity index (χ2v) is 8.08. The molecule has 1 atom stereocenters. The monoisotopic (exact) mass is 407 g/mol. The summed E-state index contributed by atoms with van der Waals surface area (Å²) in [6.07, 6.45) is 1.27. The van der Waals surface area contributed by atoms with Crippen molar-refractivity contribution in [2.45, 2.75) is 52.6 Å². The van der Waals surface area contributed by atoms with Gasteiger partial charge in [0.05, 0.1) is 0 Å². The fourth-order valence-electron chi connectivity index (χ4n) is 3.64. The van der Waals surface area contributed by atoms with Gasteiger partial charge in [0.1, 0.15) is 6.04 Å². The molecule has 1 unspecified atom stereocenters. The molecule has 0 aromatic heterocycles. The van der Waals surface area contributed by atoms with Gasteiger partial charge in [-0.2, -0.15) is 0 Å². The van der Waals surface area contributed by atoms with Crippen LogP contribution in [0.25, 0.3) is 0 Å². The molecular weight excluding hydrogens is 378 g/mol. The van der Waals surface area contributed by atoms with Crippen LogP contribution < -0.4 is 10.6 Å². The van der Waals surface area contributed by atoms with Gasteiger partial charge in [0.15, 0.2) is 0 Å². The maximum absolute atomic E-state index is 13.2. The van der Waals surface area contributed by atoms with Crippen LogP contribution in [0.3, 0.4) is 0 Å². The third-order valence-corrected chi connectivity index (χ3v) is 5.19. The van der Waals surface area contributed by atoms with Gasteiger partial charge in [0.2, 0.25) is 17.7 Å². The Bertz CT molecular complexity index is 939. The second kappa shape index (κ2) is 9.57. The number of amides is 3. The predicted molar refractivity (Wildman–Crippen MR) is 118 cm³/mol. The summed E-state index contributed by atoms with van der Waals surface area (Å²) >= 11 is 0. The van der Waals surface area contributed by atoms with E-state index in [9.17, 15) is 14.4 Å². The highest BCUT2D eigenvalue weighted by Gasteiger charge is 2.34. The molecule has 0 spiro atoms. The van der Waals surface area contributed by atoms with Crippen molar-refractivity contribution in [3.8, 4) is 0 Å². The van der Waals surface area contributed by atoms with Crippen LogP contribution in [-0.4, -0.2) is 28.7 Å². The lowest BCUT2D eigenvalue weighted by molar-refractivity contribution is -0.140.